The van der Waals surface area contributed by atoms with E-state index in [9.17, 15) is 8.42 Å². The molecule has 1 aliphatic rings. The van der Waals surface area contributed by atoms with E-state index in [0.717, 1.165) is 42.9 Å². The van der Waals surface area contributed by atoms with E-state index < -0.39 is 10.0 Å². The van der Waals surface area contributed by atoms with Gasteiger partial charge in [0.15, 0.2) is 5.96 Å². The molecule has 0 bridgehead atoms. The van der Waals surface area contributed by atoms with Gasteiger partial charge in [-0.3, -0.25) is 4.99 Å². The molecule has 0 aliphatic carbocycles. The summed E-state index contributed by atoms with van der Waals surface area (Å²) in [4.78, 5) is 6.92. The highest BCUT2D eigenvalue weighted by Crippen LogP contribution is 2.19. The Kier molecular flexibility index (Phi) is 7.91. The second-order valence-corrected chi connectivity index (χ2v) is 9.68. The second kappa shape index (κ2) is 9.71. The van der Waals surface area contributed by atoms with Gasteiger partial charge in [-0.2, -0.15) is 0 Å². The molecule has 0 atom stereocenters. The summed E-state index contributed by atoms with van der Waals surface area (Å²) in [6, 6.07) is 8.29. The van der Waals surface area contributed by atoms with E-state index in [1.54, 1.807) is 4.31 Å². The summed E-state index contributed by atoms with van der Waals surface area (Å²) >= 11 is 3.46. The van der Waals surface area contributed by atoms with E-state index in [1.807, 2.05) is 19.2 Å². The van der Waals surface area contributed by atoms with Gasteiger partial charge in [-0.05, 0) is 43.4 Å². The third kappa shape index (κ3) is 6.55. The number of sulfonamides is 1. The Morgan fingerprint density at radius 2 is 1.92 bits per heavy atom. The van der Waals surface area contributed by atoms with Gasteiger partial charge in [-0.25, -0.2) is 12.7 Å². The minimum Gasteiger partial charge on any atom is -0.357 e. The van der Waals surface area contributed by atoms with Crippen LogP contribution in [0.1, 0.15) is 25.3 Å². The topological polar surface area (TPSA) is 65.0 Å². The van der Waals surface area contributed by atoms with Crippen LogP contribution in [0.3, 0.4) is 0 Å². The summed E-state index contributed by atoms with van der Waals surface area (Å²) in [5.41, 5.74) is 1.22. The van der Waals surface area contributed by atoms with Crippen molar-refractivity contribution in [2.24, 2.45) is 10.9 Å². The molecule has 8 heteroatoms. The van der Waals surface area contributed by atoms with Crippen molar-refractivity contribution in [2.75, 3.05) is 39.5 Å². The lowest BCUT2D eigenvalue weighted by Crippen LogP contribution is -2.40. The average Bonchev–Trinajstić information content (AvgIpc) is 2.60. The minimum absolute atomic E-state index is 0.433. The molecule has 6 nitrogen and oxygen atoms in total. The highest BCUT2D eigenvalue weighted by molar-refractivity contribution is 9.10. The number of guanidine groups is 1. The van der Waals surface area contributed by atoms with Crippen molar-refractivity contribution >= 4 is 31.9 Å². The monoisotopic (exact) mass is 444 g/mol. The van der Waals surface area contributed by atoms with E-state index in [2.05, 4.69) is 45.2 Å². The van der Waals surface area contributed by atoms with Crippen molar-refractivity contribution in [1.29, 1.82) is 0 Å². The molecule has 1 heterocycles. The molecule has 1 aromatic carbocycles. The van der Waals surface area contributed by atoms with E-state index in [1.165, 1.54) is 11.8 Å². The number of halogens is 1. The summed E-state index contributed by atoms with van der Waals surface area (Å²) < 4.78 is 25.9. The van der Waals surface area contributed by atoms with Crippen molar-refractivity contribution in [2.45, 2.75) is 26.3 Å². The number of aliphatic imine (C=N–C) groups is 1. The smallest absolute Gasteiger partial charge is 0.211 e. The van der Waals surface area contributed by atoms with Gasteiger partial charge in [-0.15, -0.1) is 0 Å². The molecule has 0 unspecified atom stereocenters. The maximum absolute atomic E-state index is 11.6. The number of hydrogen-bond donors (Lipinski definition) is 1. The van der Waals surface area contributed by atoms with E-state index in [-0.39, 0.29) is 0 Å². The van der Waals surface area contributed by atoms with Gasteiger partial charge in [0.05, 0.1) is 6.26 Å². The Hall–Kier alpha value is -1.12. The molecule has 146 valence electrons. The predicted octanol–water partition coefficient (Wildman–Crippen LogP) is 2.52. The number of nitrogens with zero attached hydrogens (tertiary/aromatic N) is 3. The summed E-state index contributed by atoms with van der Waals surface area (Å²) in [6.07, 6.45) is 3.02. The van der Waals surface area contributed by atoms with Crippen molar-refractivity contribution in [1.82, 2.24) is 14.5 Å². The van der Waals surface area contributed by atoms with Crippen LogP contribution in [0.25, 0.3) is 0 Å². The molecular weight excluding hydrogens is 416 g/mol. The lowest BCUT2D eigenvalue weighted by molar-refractivity contribution is 0.279. The van der Waals surface area contributed by atoms with Gasteiger partial charge >= 0.3 is 0 Å². The minimum atomic E-state index is -3.07. The fourth-order valence-electron chi connectivity index (χ4n) is 3.05. The number of benzene rings is 1. The number of nitrogens with one attached hydrogen (secondary N) is 1. The number of rotatable bonds is 6. The molecule has 2 rings (SSSR count). The molecule has 0 aromatic heterocycles. The van der Waals surface area contributed by atoms with Crippen molar-refractivity contribution < 1.29 is 8.42 Å². The van der Waals surface area contributed by atoms with Gasteiger partial charge in [0.25, 0.3) is 0 Å². The van der Waals surface area contributed by atoms with Crippen LogP contribution in [0.15, 0.2) is 33.7 Å². The maximum atomic E-state index is 11.6. The predicted molar refractivity (Wildman–Crippen MR) is 111 cm³/mol. The third-order valence-electron chi connectivity index (χ3n) is 4.57. The number of piperidine rings is 1. The molecule has 26 heavy (non-hydrogen) atoms. The lowest BCUT2D eigenvalue weighted by Gasteiger charge is -2.30. The summed E-state index contributed by atoms with van der Waals surface area (Å²) in [5, 5.41) is 3.35. The molecule has 1 aromatic rings. The molecule has 0 radical (unpaired) electrons. The zero-order valence-corrected chi connectivity index (χ0v) is 18.2. The fraction of sp³-hybridized carbons (Fsp3) is 0.611. The van der Waals surface area contributed by atoms with Crippen LogP contribution in [-0.2, 0) is 16.6 Å². The van der Waals surface area contributed by atoms with Crippen LogP contribution < -0.4 is 5.32 Å². The number of hydrogen-bond acceptors (Lipinski definition) is 3. The highest BCUT2D eigenvalue weighted by Gasteiger charge is 2.24. The zero-order chi connectivity index (χ0) is 19.2. The molecule has 1 aliphatic heterocycles. The van der Waals surface area contributed by atoms with Crippen molar-refractivity contribution in [3.8, 4) is 0 Å². The van der Waals surface area contributed by atoms with Crippen molar-refractivity contribution in [3.05, 3.63) is 34.3 Å². The molecule has 0 saturated carbocycles. The first kappa shape index (κ1) is 21.2. The first-order valence-corrected chi connectivity index (χ1v) is 11.6. The Morgan fingerprint density at radius 3 is 2.46 bits per heavy atom. The largest absolute Gasteiger partial charge is 0.357 e. The Morgan fingerprint density at radius 1 is 1.31 bits per heavy atom. The van der Waals surface area contributed by atoms with Crippen LogP contribution in [0.2, 0.25) is 0 Å². The lowest BCUT2D eigenvalue weighted by atomic mass is 9.98. The van der Waals surface area contributed by atoms with Gasteiger partial charge < -0.3 is 10.2 Å². The molecule has 1 N–H and O–H groups in total. The molecule has 1 fully saturated rings. The SMILES string of the molecule is CCNC(=NCC1CCN(S(C)(=O)=O)CC1)N(C)Cc1ccc(Br)cc1. The normalized spacial score (nSPS) is 17.3. The van der Waals surface area contributed by atoms with Crippen LogP contribution >= 0.6 is 15.9 Å². The van der Waals surface area contributed by atoms with Gasteiger partial charge in [0.1, 0.15) is 0 Å². The zero-order valence-electron chi connectivity index (χ0n) is 15.8. The fourth-order valence-corrected chi connectivity index (χ4v) is 4.19. The molecule has 0 amide bonds. The van der Waals surface area contributed by atoms with E-state index in [4.69, 9.17) is 4.99 Å². The Labute approximate surface area is 165 Å². The summed E-state index contributed by atoms with van der Waals surface area (Å²) in [5.74, 6) is 1.32. The average molecular weight is 445 g/mol. The molecule has 0 spiro atoms. The quantitative estimate of drug-likeness (QED) is 0.540. The van der Waals surface area contributed by atoms with Crippen LogP contribution in [0, 0.1) is 5.92 Å². The maximum Gasteiger partial charge on any atom is 0.211 e. The van der Waals surface area contributed by atoms with Crippen LogP contribution in [-0.4, -0.2) is 63.1 Å². The van der Waals surface area contributed by atoms with Crippen LogP contribution in [0.4, 0.5) is 0 Å². The van der Waals surface area contributed by atoms with Gasteiger partial charge in [-0.1, -0.05) is 28.1 Å². The van der Waals surface area contributed by atoms with E-state index >= 15 is 0 Å². The van der Waals surface area contributed by atoms with E-state index in [0.29, 0.717) is 19.0 Å². The molecular formula is C18H29BrN4O2S. The first-order valence-electron chi connectivity index (χ1n) is 8.98. The highest BCUT2D eigenvalue weighted by atomic mass is 79.9. The Bertz CT molecular complexity index is 698. The first-order chi connectivity index (χ1) is 12.3. The van der Waals surface area contributed by atoms with Gasteiger partial charge in [0, 0.05) is 44.2 Å². The molecule has 1 saturated heterocycles. The van der Waals surface area contributed by atoms with Gasteiger partial charge in [0.2, 0.25) is 10.0 Å². The van der Waals surface area contributed by atoms with Crippen molar-refractivity contribution in [3.63, 3.8) is 0 Å². The Balaban J connectivity index is 1.92. The summed E-state index contributed by atoms with van der Waals surface area (Å²) in [6.45, 7) is 5.59. The standard InChI is InChI=1S/C18H29BrN4O2S/c1-4-20-18(22(2)14-16-5-7-17(19)8-6-16)21-13-15-9-11-23(12-10-15)26(3,24)25/h5-8,15H,4,9-14H2,1-3H3,(H,20,21). The summed E-state index contributed by atoms with van der Waals surface area (Å²) in [7, 11) is -1.03. The van der Waals surface area contributed by atoms with Crippen LogP contribution in [0.5, 0.6) is 0 Å². The second-order valence-electron chi connectivity index (χ2n) is 6.78. The third-order valence-corrected chi connectivity index (χ3v) is 6.40.